The molecular formula is C21H12. The van der Waals surface area contributed by atoms with Gasteiger partial charge in [0.2, 0.25) is 0 Å². The molecular weight excluding hydrogens is 252 g/mol. The van der Waals surface area contributed by atoms with Crippen molar-refractivity contribution >= 4 is 0 Å². The summed E-state index contributed by atoms with van der Waals surface area (Å²) < 4.78 is 0. The van der Waals surface area contributed by atoms with Gasteiger partial charge in [-0.3, -0.25) is 0 Å². The van der Waals surface area contributed by atoms with Crippen molar-refractivity contribution in [3.05, 3.63) is 89.8 Å². The van der Waals surface area contributed by atoms with Crippen LogP contribution < -0.4 is 0 Å². The first-order valence-corrected chi connectivity index (χ1v) is 6.93. The Morgan fingerprint density at radius 2 is 1.43 bits per heavy atom. The fourth-order valence-corrected chi connectivity index (χ4v) is 2.86. The Hall–Kier alpha value is -2.78. The van der Waals surface area contributed by atoms with Crippen LogP contribution in [0.1, 0.15) is 16.7 Å². The maximum Gasteiger partial charge on any atom is 0.0521 e. The minimum Gasteiger partial charge on any atom is -0.115 e. The molecule has 21 heavy (non-hydrogen) atoms. The third-order valence-corrected chi connectivity index (χ3v) is 3.90. The van der Waals surface area contributed by atoms with Gasteiger partial charge in [0.25, 0.3) is 0 Å². The average Bonchev–Trinajstić information content (AvgIpc) is 2.94. The number of hydrogen-bond acceptors (Lipinski definition) is 0. The van der Waals surface area contributed by atoms with Crippen LogP contribution in [0.3, 0.4) is 0 Å². The van der Waals surface area contributed by atoms with Crippen LogP contribution in [-0.2, 0) is 0 Å². The molecule has 0 amide bonds. The normalized spacial score (nSPS) is 11.6. The molecule has 3 aromatic carbocycles. The fraction of sp³-hybridized carbons (Fsp3) is 0. The predicted octanol–water partition coefficient (Wildman–Crippen LogP) is 4.79. The van der Waals surface area contributed by atoms with Crippen molar-refractivity contribution < 1.29 is 0 Å². The van der Waals surface area contributed by atoms with Gasteiger partial charge in [0.15, 0.2) is 0 Å². The molecule has 96 valence electrons. The lowest BCUT2D eigenvalue weighted by molar-refractivity contribution is 1.52. The van der Waals surface area contributed by atoms with Crippen molar-refractivity contribution in [1.82, 2.24) is 0 Å². The van der Waals surface area contributed by atoms with E-state index in [1.54, 1.807) is 0 Å². The number of benzene rings is 3. The van der Waals surface area contributed by atoms with E-state index >= 15 is 0 Å². The second-order valence-corrected chi connectivity index (χ2v) is 5.12. The van der Waals surface area contributed by atoms with Crippen LogP contribution in [0.2, 0.25) is 0 Å². The molecule has 0 unspecified atom stereocenters. The summed E-state index contributed by atoms with van der Waals surface area (Å²) in [6.45, 7) is 0. The van der Waals surface area contributed by atoms with Gasteiger partial charge in [-0.1, -0.05) is 60.5 Å². The SMILES string of the molecule is C#Cc1ccc(-c2cccc3c2[C]c2ccccc2-3)cc1. The molecule has 0 atom stereocenters. The van der Waals surface area contributed by atoms with E-state index in [1.165, 1.54) is 33.4 Å². The van der Waals surface area contributed by atoms with Gasteiger partial charge in [0.05, 0.1) is 6.42 Å². The van der Waals surface area contributed by atoms with E-state index in [0.717, 1.165) is 5.56 Å². The van der Waals surface area contributed by atoms with Gasteiger partial charge in [0.1, 0.15) is 0 Å². The maximum atomic E-state index is 5.42. The minimum atomic E-state index is 0.905. The first-order chi connectivity index (χ1) is 10.4. The van der Waals surface area contributed by atoms with Crippen LogP contribution >= 0.6 is 0 Å². The summed E-state index contributed by atoms with van der Waals surface area (Å²) >= 11 is 0. The van der Waals surface area contributed by atoms with E-state index in [0.29, 0.717) is 0 Å². The first-order valence-electron chi connectivity index (χ1n) is 6.93. The zero-order valence-corrected chi connectivity index (χ0v) is 11.4. The van der Waals surface area contributed by atoms with Crippen LogP contribution in [0, 0.1) is 18.8 Å². The molecule has 3 aromatic rings. The third-order valence-electron chi connectivity index (χ3n) is 3.90. The topological polar surface area (TPSA) is 0 Å². The Balaban J connectivity index is 1.88. The van der Waals surface area contributed by atoms with Gasteiger partial charge in [-0.2, -0.15) is 0 Å². The van der Waals surface area contributed by atoms with E-state index in [4.69, 9.17) is 6.42 Å². The highest BCUT2D eigenvalue weighted by Crippen LogP contribution is 2.42. The largest absolute Gasteiger partial charge is 0.115 e. The summed E-state index contributed by atoms with van der Waals surface area (Å²) in [5.74, 6) is 2.66. The standard InChI is InChI=1S/C21H12/c1-2-15-10-12-16(13-11-15)18-8-5-9-20-19-7-4-3-6-17(19)14-21(18)20/h1,3-13H. The highest BCUT2D eigenvalue weighted by molar-refractivity contribution is 5.88. The Labute approximate surface area is 125 Å². The molecule has 1 aliphatic carbocycles. The molecule has 0 fully saturated rings. The molecule has 0 saturated heterocycles. The van der Waals surface area contributed by atoms with Crippen molar-refractivity contribution in [2.24, 2.45) is 0 Å². The van der Waals surface area contributed by atoms with Gasteiger partial charge in [0, 0.05) is 5.56 Å². The molecule has 0 heterocycles. The summed E-state index contributed by atoms with van der Waals surface area (Å²) in [5.41, 5.74) is 8.13. The number of fused-ring (bicyclic) bond motifs is 3. The summed E-state index contributed by atoms with van der Waals surface area (Å²) in [6.07, 6.45) is 8.96. The second-order valence-electron chi connectivity index (χ2n) is 5.12. The lowest BCUT2D eigenvalue weighted by Crippen LogP contribution is -1.86. The molecule has 1 aliphatic rings. The van der Waals surface area contributed by atoms with Crippen molar-refractivity contribution in [3.63, 3.8) is 0 Å². The quantitative estimate of drug-likeness (QED) is 0.433. The monoisotopic (exact) mass is 264 g/mol. The Morgan fingerprint density at radius 1 is 0.714 bits per heavy atom. The average molecular weight is 264 g/mol. The maximum absolute atomic E-state index is 5.42. The first kappa shape index (κ1) is 12.0. The summed E-state index contributed by atoms with van der Waals surface area (Å²) in [6, 6.07) is 22.9. The Bertz CT molecular complexity index is 861. The van der Waals surface area contributed by atoms with Crippen molar-refractivity contribution in [1.29, 1.82) is 0 Å². The van der Waals surface area contributed by atoms with Crippen LogP contribution in [0.25, 0.3) is 22.3 Å². The molecule has 2 radical (unpaired) electrons. The molecule has 0 bridgehead atoms. The molecule has 0 aliphatic heterocycles. The van der Waals surface area contributed by atoms with Crippen LogP contribution in [-0.4, -0.2) is 0 Å². The zero-order chi connectivity index (χ0) is 14.2. The fourth-order valence-electron chi connectivity index (χ4n) is 2.86. The summed E-state index contributed by atoms with van der Waals surface area (Å²) in [5, 5.41) is 0. The van der Waals surface area contributed by atoms with Crippen LogP contribution in [0.5, 0.6) is 0 Å². The molecule has 0 saturated carbocycles. The molecule has 0 spiro atoms. The van der Waals surface area contributed by atoms with E-state index in [1.807, 2.05) is 12.1 Å². The van der Waals surface area contributed by atoms with Gasteiger partial charge in [-0.15, -0.1) is 6.42 Å². The second kappa shape index (κ2) is 4.65. The lowest BCUT2D eigenvalue weighted by Gasteiger charge is -2.08. The van der Waals surface area contributed by atoms with Gasteiger partial charge >= 0.3 is 0 Å². The van der Waals surface area contributed by atoms with Gasteiger partial charge < -0.3 is 0 Å². The number of terminal acetylenes is 1. The van der Waals surface area contributed by atoms with E-state index < -0.39 is 0 Å². The lowest BCUT2D eigenvalue weighted by atomic mass is 9.95. The van der Waals surface area contributed by atoms with Gasteiger partial charge in [-0.25, -0.2) is 0 Å². The molecule has 0 heteroatoms. The van der Waals surface area contributed by atoms with Crippen molar-refractivity contribution in [3.8, 4) is 34.6 Å². The molecule has 4 rings (SSSR count). The third kappa shape index (κ3) is 1.87. The van der Waals surface area contributed by atoms with Crippen LogP contribution in [0.15, 0.2) is 66.7 Å². The number of hydrogen-bond donors (Lipinski definition) is 0. The predicted molar refractivity (Wildman–Crippen MR) is 86.7 cm³/mol. The smallest absolute Gasteiger partial charge is 0.0521 e. The molecule has 0 nitrogen and oxygen atoms in total. The molecule has 0 aromatic heterocycles. The van der Waals surface area contributed by atoms with E-state index in [-0.39, 0.29) is 0 Å². The summed E-state index contributed by atoms with van der Waals surface area (Å²) in [7, 11) is 0. The Morgan fingerprint density at radius 3 is 2.24 bits per heavy atom. The summed E-state index contributed by atoms with van der Waals surface area (Å²) in [4.78, 5) is 0. The highest BCUT2D eigenvalue weighted by atomic mass is 14.2. The van der Waals surface area contributed by atoms with Crippen molar-refractivity contribution in [2.75, 3.05) is 0 Å². The van der Waals surface area contributed by atoms with Crippen LogP contribution in [0.4, 0.5) is 0 Å². The van der Waals surface area contributed by atoms with E-state index in [2.05, 4.69) is 66.9 Å². The highest BCUT2D eigenvalue weighted by Gasteiger charge is 2.21. The van der Waals surface area contributed by atoms with Crippen molar-refractivity contribution in [2.45, 2.75) is 0 Å². The number of rotatable bonds is 1. The zero-order valence-electron chi connectivity index (χ0n) is 11.4. The van der Waals surface area contributed by atoms with Gasteiger partial charge in [-0.05, 0) is 45.5 Å². The molecule has 0 N–H and O–H groups in total. The minimum absolute atomic E-state index is 0.905. The van der Waals surface area contributed by atoms with E-state index in [9.17, 15) is 0 Å². The Kier molecular flexibility index (Phi) is 2.66.